The molecular weight excluding hydrogens is 546 g/mol. The normalized spacial score (nSPS) is 18.7. The van der Waals surface area contributed by atoms with Gasteiger partial charge in [0.1, 0.15) is 17.9 Å². The molecule has 39 heavy (non-hydrogen) atoms. The van der Waals surface area contributed by atoms with Crippen molar-refractivity contribution in [1.29, 1.82) is 0 Å². The number of ether oxygens (including phenoxy) is 2. The summed E-state index contributed by atoms with van der Waals surface area (Å²) >= 11 is 1.62. The molecule has 10 heteroatoms. The Morgan fingerprint density at radius 1 is 1.08 bits per heavy atom. The van der Waals surface area contributed by atoms with Gasteiger partial charge in [0.2, 0.25) is 7.37 Å². The van der Waals surface area contributed by atoms with Crippen LogP contribution in [0, 0.1) is 0 Å². The van der Waals surface area contributed by atoms with Crippen LogP contribution in [0.3, 0.4) is 0 Å². The van der Waals surface area contributed by atoms with Crippen LogP contribution >= 0.6 is 18.7 Å². The van der Waals surface area contributed by atoms with Crippen LogP contribution in [0.15, 0.2) is 40.7 Å². The van der Waals surface area contributed by atoms with E-state index in [0.29, 0.717) is 30.7 Å². The maximum Gasteiger partial charge on any atom is 0.419 e. The van der Waals surface area contributed by atoms with Crippen LogP contribution in [0.4, 0.5) is 13.2 Å². The van der Waals surface area contributed by atoms with Crippen LogP contribution in [-0.4, -0.2) is 41.6 Å². The summed E-state index contributed by atoms with van der Waals surface area (Å²) in [6.07, 6.45) is -2.44. The second-order valence-corrected chi connectivity index (χ2v) is 17.2. The van der Waals surface area contributed by atoms with Gasteiger partial charge in [-0.15, -0.1) is 11.3 Å². The lowest BCUT2D eigenvalue weighted by atomic mass is 9.93. The van der Waals surface area contributed by atoms with E-state index < -0.39 is 35.0 Å². The third-order valence-electron chi connectivity index (χ3n) is 6.86. The number of halogens is 3. The second-order valence-electron chi connectivity index (χ2n) is 12.2. The first-order valence-corrected chi connectivity index (χ1v) is 15.8. The molecular formula is C29H41F3NO4PS. The van der Waals surface area contributed by atoms with Crippen molar-refractivity contribution in [2.75, 3.05) is 19.8 Å². The monoisotopic (exact) mass is 587 g/mol. The summed E-state index contributed by atoms with van der Waals surface area (Å²) in [4.78, 5) is 5.84. The molecule has 2 heterocycles. The van der Waals surface area contributed by atoms with Crippen LogP contribution in [0.2, 0.25) is 0 Å². The van der Waals surface area contributed by atoms with Gasteiger partial charge in [-0.1, -0.05) is 53.7 Å². The van der Waals surface area contributed by atoms with Gasteiger partial charge >= 0.3 is 6.18 Å². The molecule has 0 radical (unpaired) electrons. The first-order chi connectivity index (χ1) is 18.0. The van der Waals surface area contributed by atoms with Gasteiger partial charge in [0.05, 0.1) is 18.8 Å². The highest BCUT2D eigenvalue weighted by Gasteiger charge is 2.50. The molecule has 5 nitrogen and oxygen atoms in total. The van der Waals surface area contributed by atoms with Crippen molar-refractivity contribution in [3.05, 3.63) is 51.7 Å². The number of thiophene rings is 1. The fourth-order valence-corrected chi connectivity index (χ4v) is 8.82. The standard InChI is InChI=1S/C29H41F3NO4PS/c1-21-33-28(19-36-21,20-37-38(34,26(2,3)4)27(5,6)7)15-14-22-12-13-25(24(18-22)29(30,31)32)35-16-8-10-23-11-9-17-39-23/h9,11-13,17-18H,8,10,14-16,19-20H2,1-7H3. The van der Waals surface area contributed by atoms with Crippen molar-refractivity contribution in [1.82, 2.24) is 0 Å². The molecule has 1 unspecified atom stereocenters. The Morgan fingerprint density at radius 3 is 2.31 bits per heavy atom. The van der Waals surface area contributed by atoms with Crippen LogP contribution in [0.1, 0.15) is 77.3 Å². The maximum atomic E-state index is 14.0. The largest absolute Gasteiger partial charge is 0.493 e. The van der Waals surface area contributed by atoms with Crippen molar-refractivity contribution in [3.8, 4) is 5.75 Å². The van der Waals surface area contributed by atoms with E-state index in [9.17, 15) is 17.7 Å². The Balaban J connectivity index is 1.73. The zero-order valence-corrected chi connectivity index (χ0v) is 25.7. The molecule has 1 aromatic heterocycles. The highest BCUT2D eigenvalue weighted by molar-refractivity contribution is 7.62. The maximum absolute atomic E-state index is 14.0. The zero-order chi connectivity index (χ0) is 29.1. The summed E-state index contributed by atoms with van der Waals surface area (Å²) in [5.41, 5.74) is -1.10. The predicted molar refractivity (Wildman–Crippen MR) is 153 cm³/mol. The van der Waals surface area contributed by atoms with E-state index in [-0.39, 0.29) is 25.6 Å². The Labute approximate surface area is 234 Å². The highest BCUT2D eigenvalue weighted by atomic mass is 32.1. The van der Waals surface area contributed by atoms with Gasteiger partial charge in [-0.2, -0.15) is 13.2 Å². The molecule has 0 amide bonds. The average Bonchev–Trinajstić information content (AvgIpc) is 3.47. The lowest BCUT2D eigenvalue weighted by molar-refractivity contribution is -0.139. The SMILES string of the molecule is CC1=NC(CCc2ccc(OCCCc3cccs3)c(C(F)(F)F)c2)(COP(=O)(C(C)(C)C)C(C)(C)C)CO1. The molecule has 2 aromatic rings. The van der Waals surface area contributed by atoms with E-state index in [0.717, 1.165) is 12.5 Å². The average molecular weight is 588 g/mol. The topological polar surface area (TPSA) is 57.1 Å². The number of aliphatic imine (C=N–C) groups is 1. The van der Waals surface area contributed by atoms with Crippen LogP contribution in [-0.2, 0) is 32.8 Å². The van der Waals surface area contributed by atoms with Gasteiger partial charge in [-0.3, -0.25) is 4.57 Å². The van der Waals surface area contributed by atoms with E-state index in [4.69, 9.17) is 14.0 Å². The van der Waals surface area contributed by atoms with Gasteiger partial charge in [-0.05, 0) is 54.8 Å². The van der Waals surface area contributed by atoms with Crippen molar-refractivity contribution < 1.29 is 31.7 Å². The first-order valence-electron chi connectivity index (χ1n) is 13.3. The van der Waals surface area contributed by atoms with Gasteiger partial charge in [0.25, 0.3) is 0 Å². The smallest absolute Gasteiger partial charge is 0.419 e. The van der Waals surface area contributed by atoms with E-state index >= 15 is 0 Å². The predicted octanol–water partition coefficient (Wildman–Crippen LogP) is 8.79. The molecule has 0 saturated carbocycles. The van der Waals surface area contributed by atoms with Crippen molar-refractivity contribution >= 4 is 24.6 Å². The number of rotatable bonds is 11. The molecule has 1 aromatic carbocycles. The molecule has 0 saturated heterocycles. The first kappa shape index (κ1) is 31.7. The Kier molecular flexibility index (Phi) is 9.72. The number of hydrogen-bond acceptors (Lipinski definition) is 6. The summed E-state index contributed by atoms with van der Waals surface area (Å²) in [6.45, 7) is 13.6. The quantitative estimate of drug-likeness (QED) is 0.195. The van der Waals surface area contributed by atoms with E-state index in [1.807, 2.05) is 59.1 Å². The number of alkyl halides is 3. The number of benzene rings is 1. The minimum atomic E-state index is -4.54. The molecule has 0 N–H and O–H groups in total. The minimum Gasteiger partial charge on any atom is -0.493 e. The number of nitrogens with zero attached hydrogens (tertiary/aromatic N) is 1. The lowest BCUT2D eigenvalue weighted by Gasteiger charge is -2.41. The number of aryl methyl sites for hydroxylation is 2. The Hall–Kier alpha value is -1.83. The molecule has 1 atom stereocenters. The summed E-state index contributed by atoms with van der Waals surface area (Å²) < 4.78 is 73.3. The molecule has 1 aliphatic heterocycles. The fraction of sp³-hybridized carbons (Fsp3) is 0.621. The van der Waals surface area contributed by atoms with Gasteiger partial charge < -0.3 is 14.0 Å². The van der Waals surface area contributed by atoms with Crippen LogP contribution in [0.5, 0.6) is 5.75 Å². The van der Waals surface area contributed by atoms with Crippen molar-refractivity contribution in [2.45, 2.75) is 96.2 Å². The van der Waals surface area contributed by atoms with E-state index in [2.05, 4.69) is 4.99 Å². The molecule has 1 aliphatic rings. The lowest BCUT2D eigenvalue weighted by Crippen LogP contribution is -2.38. The third-order valence-corrected chi connectivity index (χ3v) is 11.8. The molecule has 218 valence electrons. The Morgan fingerprint density at radius 2 is 1.77 bits per heavy atom. The summed E-state index contributed by atoms with van der Waals surface area (Å²) in [7, 11) is -3.15. The Bertz CT molecular complexity index is 1160. The second kappa shape index (κ2) is 12.0. The van der Waals surface area contributed by atoms with E-state index in [1.54, 1.807) is 24.3 Å². The summed E-state index contributed by atoms with van der Waals surface area (Å²) in [5.74, 6) is 0.326. The molecule has 0 spiro atoms. The molecule has 3 rings (SSSR count). The summed E-state index contributed by atoms with van der Waals surface area (Å²) in [6, 6.07) is 8.18. The van der Waals surface area contributed by atoms with Gasteiger partial charge in [0, 0.05) is 22.1 Å². The number of hydrogen-bond donors (Lipinski definition) is 0. The van der Waals surface area contributed by atoms with Gasteiger partial charge in [0.15, 0.2) is 5.90 Å². The van der Waals surface area contributed by atoms with Gasteiger partial charge in [-0.25, -0.2) is 4.99 Å². The zero-order valence-electron chi connectivity index (χ0n) is 24.0. The van der Waals surface area contributed by atoms with Crippen LogP contribution < -0.4 is 4.74 Å². The molecule has 0 bridgehead atoms. The summed E-state index contributed by atoms with van der Waals surface area (Å²) in [5, 5.41) is 0.794. The van der Waals surface area contributed by atoms with Crippen molar-refractivity contribution in [2.24, 2.45) is 4.99 Å². The highest BCUT2D eigenvalue weighted by Crippen LogP contribution is 2.67. The fourth-order valence-electron chi connectivity index (χ4n) is 4.86. The minimum absolute atomic E-state index is 0.0632. The van der Waals surface area contributed by atoms with Crippen LogP contribution in [0.25, 0.3) is 0 Å². The molecule has 0 aliphatic carbocycles. The van der Waals surface area contributed by atoms with E-state index in [1.165, 1.54) is 10.9 Å². The third kappa shape index (κ3) is 7.89. The molecule has 0 fully saturated rings. The van der Waals surface area contributed by atoms with Crippen molar-refractivity contribution in [3.63, 3.8) is 0 Å².